The van der Waals surface area contributed by atoms with Crippen LogP contribution < -0.4 is 5.73 Å². The van der Waals surface area contributed by atoms with Crippen LogP contribution in [0.1, 0.15) is 26.2 Å². The first kappa shape index (κ1) is 36.4. The van der Waals surface area contributed by atoms with Gasteiger partial charge in [-0.3, -0.25) is 0 Å². The van der Waals surface area contributed by atoms with Crippen LogP contribution >= 0.6 is 0 Å². The minimum atomic E-state index is 0. The second-order valence-corrected chi connectivity index (χ2v) is 3.34. The summed E-state index contributed by atoms with van der Waals surface area (Å²) in [5.41, 5.74) is 5.68. The van der Waals surface area contributed by atoms with Crippen LogP contribution in [0.2, 0.25) is 0 Å². The third-order valence-corrected chi connectivity index (χ3v) is 1.99. The van der Waals surface area contributed by atoms with Crippen LogP contribution in [0.15, 0.2) is 0 Å². The van der Waals surface area contributed by atoms with Crippen molar-refractivity contribution in [3.8, 4) is 0 Å². The first-order valence-corrected chi connectivity index (χ1v) is 5.39. The van der Waals surface area contributed by atoms with E-state index >= 15 is 0 Å². The fraction of sp³-hybridized carbons (Fsp3) is 0.615. The molecule has 113 valence electrons. The topological polar surface area (TPSA) is 148 Å². The van der Waals surface area contributed by atoms with Crippen molar-refractivity contribution in [1.29, 1.82) is 26.3 Å². The third kappa shape index (κ3) is 46.2. The normalized spacial score (nSPS) is 12.2. The van der Waals surface area contributed by atoms with Gasteiger partial charge in [0.2, 0.25) is 0 Å². The molecular weight excluding hydrogens is 310 g/mol. The van der Waals surface area contributed by atoms with E-state index in [2.05, 4.69) is 11.8 Å². The van der Waals surface area contributed by atoms with E-state index in [-0.39, 0.29) is 17.1 Å². The van der Waals surface area contributed by atoms with E-state index < -0.39 is 0 Å². The van der Waals surface area contributed by atoms with E-state index in [1.165, 1.54) is 32.4 Å². The molecule has 1 fully saturated rings. The van der Waals surface area contributed by atoms with Gasteiger partial charge in [-0.1, -0.05) is 6.42 Å². The fourth-order valence-electron chi connectivity index (χ4n) is 1.55. The van der Waals surface area contributed by atoms with Gasteiger partial charge in [-0.05, 0) is 32.9 Å². The molecule has 0 bridgehead atoms. The molecule has 0 spiro atoms. The van der Waals surface area contributed by atoms with Gasteiger partial charge < -0.3 is 69.8 Å². The maximum Gasteiger partial charge on any atom is 5.00 e. The Morgan fingerprint density at radius 3 is 1.33 bits per heavy atom. The zero-order valence-electron chi connectivity index (χ0n) is 11.9. The number of rotatable bonds is 2. The molecule has 8 heteroatoms. The molecule has 0 aromatic carbocycles. The summed E-state index contributed by atoms with van der Waals surface area (Å²) in [5, 5.41) is 31.2. The van der Waals surface area contributed by atoms with Crippen LogP contribution in [-0.4, -0.2) is 30.6 Å². The molecule has 0 aliphatic carbocycles. The molecule has 1 unspecified atom stereocenters. The summed E-state index contributed by atoms with van der Waals surface area (Å²) in [6.45, 7) is 29.4. The quantitative estimate of drug-likeness (QED) is 0.593. The average molecular weight is 328 g/mol. The van der Waals surface area contributed by atoms with Crippen molar-refractivity contribution in [2.75, 3.05) is 19.6 Å². The van der Waals surface area contributed by atoms with Gasteiger partial charge in [0.15, 0.2) is 0 Å². The number of piperidine rings is 1. The Labute approximate surface area is 139 Å². The molecule has 2 N–H and O–H groups in total. The average Bonchev–Trinajstić information content (AvgIpc) is 2.57. The second kappa shape index (κ2) is 52.2. The van der Waals surface area contributed by atoms with Gasteiger partial charge >= 0.3 is 17.1 Å². The number of nitrogens with two attached hydrogens (primary N) is 1. The van der Waals surface area contributed by atoms with E-state index in [0.717, 1.165) is 6.54 Å². The molecule has 1 aliphatic heterocycles. The van der Waals surface area contributed by atoms with Crippen molar-refractivity contribution in [1.82, 2.24) is 4.90 Å². The van der Waals surface area contributed by atoms with E-state index in [9.17, 15) is 0 Å². The Kier molecular flexibility index (Phi) is 90.4. The Hall–Kier alpha value is -2.11. The van der Waals surface area contributed by atoms with E-state index in [1.54, 1.807) is 0 Å². The fourth-order valence-corrected chi connectivity index (χ4v) is 1.55. The minimum absolute atomic E-state index is 0. The summed E-state index contributed by atoms with van der Waals surface area (Å²) >= 11 is 0. The van der Waals surface area contributed by atoms with Gasteiger partial charge in [0.25, 0.3) is 0 Å². The van der Waals surface area contributed by atoms with Crippen molar-refractivity contribution in [3.63, 3.8) is 0 Å². The van der Waals surface area contributed by atoms with Crippen LogP contribution in [0.25, 0.3) is 0 Å². The summed E-state index contributed by atoms with van der Waals surface area (Å²) < 4.78 is 0. The van der Waals surface area contributed by atoms with Crippen molar-refractivity contribution in [3.05, 3.63) is 32.9 Å². The molecule has 0 saturated carbocycles. The summed E-state index contributed by atoms with van der Waals surface area (Å²) in [4.78, 5) is 2.47. The Balaban J connectivity index is -0.0000000440. The van der Waals surface area contributed by atoms with Crippen molar-refractivity contribution in [2.45, 2.75) is 32.2 Å². The SMILES string of the molecule is CC(N)CN1CCCCC1.[C-]#N.[C-]#N.[C-]#N.[C-]#N.[C-]#N.[Fe+5]. The molecular formula is C13H18FeN7. The van der Waals surface area contributed by atoms with Crippen LogP contribution in [0.5, 0.6) is 0 Å². The molecule has 0 amide bonds. The molecule has 0 aromatic rings. The van der Waals surface area contributed by atoms with Gasteiger partial charge in [0.1, 0.15) is 0 Å². The van der Waals surface area contributed by atoms with Crippen LogP contribution in [0, 0.1) is 59.2 Å². The molecule has 7 nitrogen and oxygen atoms in total. The zero-order valence-corrected chi connectivity index (χ0v) is 13.0. The van der Waals surface area contributed by atoms with Crippen LogP contribution in [0.4, 0.5) is 0 Å². The molecule has 0 aromatic heterocycles. The Morgan fingerprint density at radius 1 is 0.810 bits per heavy atom. The largest absolute Gasteiger partial charge is 5.00 e. The summed E-state index contributed by atoms with van der Waals surface area (Å²) in [7, 11) is 0. The number of hydrogen-bond donors (Lipinski definition) is 1. The number of hydrogen-bond acceptors (Lipinski definition) is 7. The monoisotopic (exact) mass is 328 g/mol. The predicted octanol–water partition coefficient (Wildman–Crippen LogP) is 1.30. The molecule has 21 heavy (non-hydrogen) atoms. The molecule has 1 rings (SSSR count). The molecule has 1 atom stereocenters. The Morgan fingerprint density at radius 2 is 1.10 bits per heavy atom. The summed E-state index contributed by atoms with van der Waals surface area (Å²) in [6, 6.07) is 0.345. The Bertz CT molecular complexity index is 215. The molecule has 1 saturated heterocycles. The van der Waals surface area contributed by atoms with Crippen molar-refractivity contribution in [2.24, 2.45) is 5.73 Å². The maximum absolute atomic E-state index is 6.25. The zero-order chi connectivity index (χ0) is 17.4. The minimum Gasteiger partial charge on any atom is -0.512 e. The number of likely N-dealkylation sites (tertiary alicyclic amines) is 1. The summed E-state index contributed by atoms with van der Waals surface area (Å²) in [5.74, 6) is 0. The third-order valence-electron chi connectivity index (χ3n) is 1.99. The first-order valence-electron chi connectivity index (χ1n) is 5.39. The van der Waals surface area contributed by atoms with E-state index in [1.807, 2.05) is 0 Å². The molecule has 1 heterocycles. The predicted molar refractivity (Wildman–Crippen MR) is 68.8 cm³/mol. The van der Waals surface area contributed by atoms with Crippen molar-refractivity contribution >= 4 is 0 Å². The standard InChI is InChI=1S/C8H18N2.5CN.Fe/c1-8(9)7-10-5-3-2-4-6-10;5*1-2;/h8H,2-7,9H2,1H3;;;;;;/q;5*-1;+5. The van der Waals surface area contributed by atoms with Gasteiger partial charge in [-0.2, -0.15) is 0 Å². The smallest absolute Gasteiger partial charge is 0.512 e. The van der Waals surface area contributed by atoms with Crippen molar-refractivity contribution < 1.29 is 17.1 Å². The van der Waals surface area contributed by atoms with Gasteiger partial charge in [-0.15, -0.1) is 0 Å². The molecule has 1 radical (unpaired) electrons. The second-order valence-electron chi connectivity index (χ2n) is 3.34. The van der Waals surface area contributed by atoms with E-state index in [4.69, 9.17) is 64.9 Å². The van der Waals surface area contributed by atoms with Gasteiger partial charge in [-0.25, -0.2) is 0 Å². The molecule has 1 aliphatic rings. The van der Waals surface area contributed by atoms with Gasteiger partial charge in [0, 0.05) is 12.6 Å². The number of nitrogens with zero attached hydrogens (tertiary/aromatic N) is 6. The van der Waals surface area contributed by atoms with Crippen LogP contribution in [0.3, 0.4) is 0 Å². The van der Waals surface area contributed by atoms with E-state index in [0.29, 0.717) is 6.04 Å². The first-order chi connectivity index (χ1) is 9.79. The van der Waals surface area contributed by atoms with Crippen LogP contribution in [-0.2, 0) is 17.1 Å². The van der Waals surface area contributed by atoms with Gasteiger partial charge in [0.05, 0.1) is 0 Å². The maximum atomic E-state index is 6.25. The summed E-state index contributed by atoms with van der Waals surface area (Å²) in [6.07, 6.45) is 4.15.